The number of rotatable bonds is 9. The number of carbonyl (C=O) groups excluding carboxylic acids is 2. The van der Waals surface area contributed by atoms with Crippen LogP contribution in [0.3, 0.4) is 0 Å². The van der Waals surface area contributed by atoms with E-state index in [1.54, 1.807) is 27.0 Å². The summed E-state index contributed by atoms with van der Waals surface area (Å²) in [5.74, 6) is -0.350. The van der Waals surface area contributed by atoms with Gasteiger partial charge in [-0.25, -0.2) is 9.82 Å². The second-order valence-electron chi connectivity index (χ2n) is 6.90. The van der Waals surface area contributed by atoms with Gasteiger partial charge in [-0.05, 0) is 77.4 Å². The van der Waals surface area contributed by atoms with Gasteiger partial charge in [0.05, 0.1) is 23.5 Å². The molecule has 31 heavy (non-hydrogen) atoms. The zero-order valence-corrected chi connectivity index (χ0v) is 19.9. The molecule has 0 saturated carbocycles. The largest absolute Gasteiger partial charge is 0.493 e. The van der Waals surface area contributed by atoms with Crippen LogP contribution in [0.2, 0.25) is 0 Å². The average Bonchev–Trinajstić information content (AvgIpc) is 2.73. The zero-order valence-electron chi connectivity index (χ0n) is 17.7. The molecule has 9 heteroatoms. The highest BCUT2D eigenvalue weighted by Crippen LogP contribution is 2.33. The fourth-order valence-electron chi connectivity index (χ4n) is 2.70. The zero-order chi connectivity index (χ0) is 23.0. The van der Waals surface area contributed by atoms with Gasteiger partial charge in [-0.3, -0.25) is 9.59 Å². The van der Waals surface area contributed by atoms with E-state index in [2.05, 4.69) is 38.4 Å². The molecule has 1 unspecified atom stereocenters. The second-order valence-corrected chi connectivity index (χ2v) is 8.07. The Morgan fingerprint density at radius 3 is 2.48 bits per heavy atom. The van der Waals surface area contributed by atoms with Crippen molar-refractivity contribution < 1.29 is 23.5 Å². The van der Waals surface area contributed by atoms with E-state index in [1.165, 1.54) is 30.5 Å². The van der Waals surface area contributed by atoms with Crippen molar-refractivity contribution in [2.75, 3.05) is 13.7 Å². The van der Waals surface area contributed by atoms with Gasteiger partial charge in [0.25, 0.3) is 11.8 Å². The summed E-state index contributed by atoms with van der Waals surface area (Å²) in [7, 11) is 1.55. The maximum absolute atomic E-state index is 13.1. The quantitative estimate of drug-likeness (QED) is 0.288. The van der Waals surface area contributed by atoms with Crippen molar-refractivity contribution in [3.05, 3.63) is 56.9 Å². The summed E-state index contributed by atoms with van der Waals surface area (Å²) in [6.45, 7) is 6.01. The van der Waals surface area contributed by atoms with Crippen molar-refractivity contribution in [3.8, 4) is 11.5 Å². The summed E-state index contributed by atoms with van der Waals surface area (Å²) in [6, 6.07) is 7.88. The highest BCUT2D eigenvalue weighted by Gasteiger charge is 2.24. The van der Waals surface area contributed by atoms with E-state index in [0.717, 1.165) is 3.57 Å². The first-order valence-electron chi connectivity index (χ1n) is 9.66. The van der Waals surface area contributed by atoms with Crippen LogP contribution in [-0.4, -0.2) is 37.8 Å². The van der Waals surface area contributed by atoms with E-state index >= 15 is 0 Å². The topological polar surface area (TPSA) is 89.0 Å². The first kappa shape index (κ1) is 24.6. The number of nitrogens with zero attached hydrogens (tertiary/aromatic N) is 1. The Hall–Kier alpha value is -2.69. The van der Waals surface area contributed by atoms with E-state index in [0.29, 0.717) is 23.7 Å². The predicted molar refractivity (Wildman–Crippen MR) is 125 cm³/mol. The Morgan fingerprint density at radius 1 is 1.23 bits per heavy atom. The molecule has 2 N–H and O–H groups in total. The number of hydrazone groups is 1. The molecule has 0 aliphatic heterocycles. The Kier molecular flexibility index (Phi) is 9.22. The highest BCUT2D eigenvalue weighted by atomic mass is 127. The molecule has 2 aromatic carbocycles. The molecule has 0 aliphatic carbocycles. The fraction of sp³-hybridized carbons (Fsp3) is 0.318. The molecule has 2 aromatic rings. The van der Waals surface area contributed by atoms with Crippen LogP contribution in [0.15, 0.2) is 41.5 Å². The molecule has 2 rings (SSSR count). The fourth-order valence-corrected chi connectivity index (χ4v) is 3.48. The number of halogens is 2. The number of hydrogen-bond acceptors (Lipinski definition) is 5. The maximum atomic E-state index is 13.1. The molecule has 0 saturated heterocycles. The van der Waals surface area contributed by atoms with Crippen molar-refractivity contribution in [2.24, 2.45) is 11.0 Å². The van der Waals surface area contributed by atoms with Gasteiger partial charge in [-0.2, -0.15) is 5.10 Å². The number of methoxy groups -OCH3 is 1. The standard InChI is InChI=1S/C22H25FIN3O4/c1-5-31-20-17(24)10-14(11-18(20)30-4)12-25-27-22(29)19(13(2)3)26-21(28)15-6-8-16(23)9-7-15/h6-13,19H,5H2,1-4H3,(H,26,28)(H,27,29)/b25-12+. The molecule has 0 fully saturated rings. The summed E-state index contributed by atoms with van der Waals surface area (Å²) in [6.07, 6.45) is 1.48. The smallest absolute Gasteiger partial charge is 0.262 e. The van der Waals surface area contributed by atoms with E-state index in [1.807, 2.05) is 13.0 Å². The molecule has 7 nitrogen and oxygen atoms in total. The number of amides is 2. The van der Waals surface area contributed by atoms with Gasteiger partial charge in [0, 0.05) is 5.56 Å². The number of ether oxygens (including phenoxy) is 2. The van der Waals surface area contributed by atoms with E-state index < -0.39 is 23.7 Å². The molecule has 166 valence electrons. The Morgan fingerprint density at radius 2 is 1.90 bits per heavy atom. The highest BCUT2D eigenvalue weighted by molar-refractivity contribution is 14.1. The summed E-state index contributed by atoms with van der Waals surface area (Å²) in [4.78, 5) is 25.0. The van der Waals surface area contributed by atoms with Crippen molar-refractivity contribution in [1.29, 1.82) is 0 Å². The minimum absolute atomic E-state index is 0.189. The normalized spacial score (nSPS) is 12.0. The SMILES string of the molecule is CCOc1c(I)cc(/C=N/NC(=O)C(NC(=O)c2ccc(F)cc2)C(C)C)cc1OC. The van der Waals surface area contributed by atoms with Crippen LogP contribution < -0.4 is 20.2 Å². The lowest BCUT2D eigenvalue weighted by Gasteiger charge is -2.20. The van der Waals surface area contributed by atoms with Crippen LogP contribution in [0.1, 0.15) is 36.7 Å². The lowest BCUT2D eigenvalue weighted by molar-refractivity contribution is -0.123. The van der Waals surface area contributed by atoms with Crippen LogP contribution >= 0.6 is 22.6 Å². The summed E-state index contributed by atoms with van der Waals surface area (Å²) >= 11 is 2.14. The molecule has 0 spiro atoms. The van der Waals surface area contributed by atoms with Gasteiger partial charge in [0.1, 0.15) is 11.9 Å². The molecule has 2 amide bonds. The molecule has 0 bridgehead atoms. The van der Waals surface area contributed by atoms with E-state index in [4.69, 9.17) is 9.47 Å². The minimum Gasteiger partial charge on any atom is -0.493 e. The Bertz CT molecular complexity index is 949. The van der Waals surface area contributed by atoms with Crippen molar-refractivity contribution in [3.63, 3.8) is 0 Å². The first-order chi connectivity index (χ1) is 14.8. The lowest BCUT2D eigenvalue weighted by atomic mass is 10.0. The van der Waals surface area contributed by atoms with Gasteiger partial charge in [0.2, 0.25) is 0 Å². The van der Waals surface area contributed by atoms with Crippen LogP contribution in [0.5, 0.6) is 11.5 Å². The minimum atomic E-state index is -0.815. The number of benzene rings is 2. The second kappa shape index (κ2) is 11.6. The molecular formula is C22H25FIN3O4. The monoisotopic (exact) mass is 541 g/mol. The molecule has 0 aliphatic rings. The number of nitrogens with one attached hydrogen (secondary N) is 2. The summed E-state index contributed by atoms with van der Waals surface area (Å²) < 4.78 is 24.8. The van der Waals surface area contributed by atoms with Crippen molar-refractivity contribution in [1.82, 2.24) is 10.7 Å². The predicted octanol–water partition coefficient (Wildman–Crippen LogP) is 3.74. The number of hydrogen-bond donors (Lipinski definition) is 2. The number of carbonyl (C=O) groups is 2. The third kappa shape index (κ3) is 6.91. The molecule has 0 heterocycles. The molecular weight excluding hydrogens is 516 g/mol. The van der Waals surface area contributed by atoms with Gasteiger partial charge >= 0.3 is 0 Å². The lowest BCUT2D eigenvalue weighted by Crippen LogP contribution is -2.48. The van der Waals surface area contributed by atoms with E-state index in [-0.39, 0.29) is 11.5 Å². The van der Waals surface area contributed by atoms with Gasteiger partial charge in [0.15, 0.2) is 11.5 Å². The average molecular weight is 541 g/mol. The summed E-state index contributed by atoms with van der Waals surface area (Å²) in [5, 5.41) is 6.67. The maximum Gasteiger partial charge on any atom is 0.262 e. The Labute approximate surface area is 194 Å². The van der Waals surface area contributed by atoms with Crippen molar-refractivity contribution >= 4 is 40.6 Å². The third-order valence-corrected chi connectivity index (χ3v) is 5.07. The van der Waals surface area contributed by atoms with Crippen molar-refractivity contribution in [2.45, 2.75) is 26.8 Å². The first-order valence-corrected chi connectivity index (χ1v) is 10.7. The molecule has 0 aromatic heterocycles. The van der Waals surface area contributed by atoms with Gasteiger partial charge in [-0.1, -0.05) is 13.8 Å². The van der Waals surface area contributed by atoms with Crippen LogP contribution in [-0.2, 0) is 4.79 Å². The Balaban J connectivity index is 2.07. The van der Waals surface area contributed by atoms with Crippen LogP contribution in [0, 0.1) is 15.3 Å². The third-order valence-electron chi connectivity index (χ3n) is 4.27. The van der Waals surface area contributed by atoms with Gasteiger partial charge < -0.3 is 14.8 Å². The van der Waals surface area contributed by atoms with Crippen LogP contribution in [0.25, 0.3) is 0 Å². The van der Waals surface area contributed by atoms with E-state index in [9.17, 15) is 14.0 Å². The summed E-state index contributed by atoms with van der Waals surface area (Å²) in [5.41, 5.74) is 3.43. The molecule has 0 radical (unpaired) electrons. The van der Waals surface area contributed by atoms with Gasteiger partial charge in [-0.15, -0.1) is 0 Å². The van der Waals surface area contributed by atoms with Crippen LogP contribution in [0.4, 0.5) is 4.39 Å². The molecule has 1 atom stereocenters.